The number of carbonyl (C=O) groups is 1. The van der Waals surface area contributed by atoms with E-state index in [0.29, 0.717) is 33.8 Å². The molecule has 4 atom stereocenters. The molecule has 0 spiro atoms. The number of carbonyl (C=O) groups excluding carboxylic acids is 1. The van der Waals surface area contributed by atoms with Crippen LogP contribution in [0.5, 0.6) is 11.5 Å². The molecule has 16 heteroatoms. The lowest BCUT2D eigenvalue weighted by Gasteiger charge is -2.39. The summed E-state index contributed by atoms with van der Waals surface area (Å²) >= 11 is 0. The number of rotatable bonds is 17. The maximum atomic E-state index is 13.5. The lowest BCUT2D eigenvalue weighted by Crippen LogP contribution is -2.51. The summed E-state index contributed by atoms with van der Waals surface area (Å²) in [6.07, 6.45) is -3.87. The first-order chi connectivity index (χ1) is 29.3. The number of ether oxygens (including phenoxy) is 5. The molecule has 0 saturated carbocycles. The fraction of sp³-hybridized carbons (Fsp3) is 0.356. The second-order valence-corrected chi connectivity index (χ2v) is 15.8. The lowest BCUT2D eigenvalue weighted by atomic mass is 9.80. The molecule has 1 fully saturated rings. The van der Waals surface area contributed by atoms with E-state index in [9.17, 15) is 29.0 Å². The van der Waals surface area contributed by atoms with Crippen LogP contribution in [0.15, 0.2) is 126 Å². The fourth-order valence-electron chi connectivity index (χ4n) is 7.24. The molecule has 0 aliphatic carbocycles. The molecule has 1 saturated heterocycles. The van der Waals surface area contributed by atoms with E-state index >= 15 is 0 Å². The number of amides is 1. The smallest absolute Gasteiger partial charge is 0.362 e. The number of hydrogen-bond acceptors (Lipinski definition) is 11. The summed E-state index contributed by atoms with van der Waals surface area (Å²) in [4.78, 5) is 54.1. The lowest BCUT2D eigenvalue weighted by molar-refractivity contribution is -0.105. The van der Waals surface area contributed by atoms with Crippen LogP contribution in [0.1, 0.15) is 61.0 Å². The Labute approximate surface area is 356 Å². The summed E-state index contributed by atoms with van der Waals surface area (Å²) in [5.74, 6) is 0.580. The van der Waals surface area contributed by atoms with Crippen LogP contribution in [-0.4, -0.2) is 99.9 Å². The van der Waals surface area contributed by atoms with Gasteiger partial charge >= 0.3 is 13.3 Å². The molecule has 0 radical (unpaired) electrons. The molecule has 4 aromatic carbocycles. The molecule has 0 unspecified atom stereocenters. The van der Waals surface area contributed by atoms with Crippen LogP contribution in [0.2, 0.25) is 0 Å². The largest absolute Gasteiger partial charge is 0.497 e. The Morgan fingerprint density at radius 3 is 1.77 bits per heavy atom. The molecule has 1 aromatic heterocycles. The zero-order valence-electron chi connectivity index (χ0n) is 35.2. The van der Waals surface area contributed by atoms with Crippen LogP contribution in [0, 0.1) is 0 Å². The predicted octanol–water partition coefficient (Wildman–Crippen LogP) is 6.04. The average molecular weight is 859 g/mol. The summed E-state index contributed by atoms with van der Waals surface area (Å²) in [6, 6.07) is 33.0. The van der Waals surface area contributed by atoms with Crippen molar-refractivity contribution in [3.05, 3.63) is 154 Å². The summed E-state index contributed by atoms with van der Waals surface area (Å²) in [5, 5.41) is 11.7. The van der Waals surface area contributed by atoms with E-state index in [1.165, 1.54) is 31.9 Å². The second kappa shape index (κ2) is 21.0. The third-order valence-electron chi connectivity index (χ3n) is 10.6. The van der Waals surface area contributed by atoms with Gasteiger partial charge in [0.05, 0.1) is 20.8 Å². The van der Waals surface area contributed by atoms with Crippen molar-refractivity contribution in [2.45, 2.75) is 57.1 Å². The number of aliphatic hydroxyl groups is 1. The normalized spacial score (nSPS) is 18.9. The van der Waals surface area contributed by atoms with Gasteiger partial charge < -0.3 is 48.8 Å². The first-order valence-corrected chi connectivity index (χ1v) is 21.6. The Hall–Kier alpha value is -5.22. The highest BCUT2D eigenvalue weighted by atomic mass is 31.2. The molecule has 326 valence electrons. The van der Waals surface area contributed by atoms with Crippen molar-refractivity contribution >= 4 is 19.3 Å². The van der Waals surface area contributed by atoms with Gasteiger partial charge in [0.1, 0.15) is 35.1 Å². The van der Waals surface area contributed by atoms with Crippen LogP contribution in [0.4, 0.5) is 5.82 Å². The van der Waals surface area contributed by atoms with Gasteiger partial charge in [0.2, 0.25) is 5.34 Å². The topological polar surface area (TPSA) is 191 Å². The highest BCUT2D eigenvalue weighted by Crippen LogP contribution is 2.60. The quantitative estimate of drug-likeness (QED) is 0.0626. The molecule has 6 rings (SSSR count). The Morgan fingerprint density at radius 1 is 0.820 bits per heavy atom. The highest BCUT2D eigenvalue weighted by molar-refractivity contribution is 7.53. The summed E-state index contributed by atoms with van der Waals surface area (Å²) < 4.78 is 43.9. The summed E-state index contributed by atoms with van der Waals surface area (Å²) in [7, 11) is -2.44. The molecule has 1 aliphatic heterocycles. The maximum absolute atomic E-state index is 13.5. The Balaban J connectivity index is 0.000000925. The molecule has 15 nitrogen and oxygen atoms in total. The van der Waals surface area contributed by atoms with Crippen molar-refractivity contribution in [3.8, 4) is 11.5 Å². The zero-order valence-corrected chi connectivity index (χ0v) is 36.1. The minimum atomic E-state index is -5.52. The number of nitrogens with one attached hydrogen (secondary N) is 1. The number of nitrogens with zero attached hydrogens (tertiary/aromatic N) is 3. The Bertz CT molecular complexity index is 2200. The van der Waals surface area contributed by atoms with E-state index < -0.39 is 55.2 Å². The van der Waals surface area contributed by atoms with Gasteiger partial charge in [0.25, 0.3) is 5.91 Å². The fourth-order valence-corrected chi connectivity index (χ4v) is 8.29. The van der Waals surface area contributed by atoms with E-state index in [0.717, 1.165) is 4.57 Å². The standard InChI is InChI=1S/C39H40N3O11P.C6H15N/c1-4-51-34-36(42-24-23-33(41-37(42)44)40-35(43)26-11-7-5-8-12-26)53-32(39(34,45)54(46,47)48)25-52-38(27-13-9-6-10-14-27,28-15-19-30(49-2)20-16-28)29-17-21-31(50-3)22-18-29;1-4-7(5-2)6-3/h5-24,32,34,36,45H,4,25H2,1-3H3,(H2,46,47,48)(H,40,41,43,44);4-6H2,1-3H3/t32-,34+,36-,39+;/m1./s1. The van der Waals surface area contributed by atoms with Crippen LogP contribution < -0.4 is 20.5 Å². The number of methoxy groups -OCH3 is 2. The zero-order chi connectivity index (χ0) is 44.2. The van der Waals surface area contributed by atoms with E-state index in [1.807, 2.05) is 30.3 Å². The van der Waals surface area contributed by atoms with Gasteiger partial charge in [-0.1, -0.05) is 93.6 Å². The Kier molecular flexibility index (Phi) is 16.2. The van der Waals surface area contributed by atoms with E-state index in [4.69, 9.17) is 23.7 Å². The van der Waals surface area contributed by atoms with Crippen molar-refractivity contribution in [1.29, 1.82) is 0 Å². The third kappa shape index (κ3) is 10.3. The highest BCUT2D eigenvalue weighted by Gasteiger charge is 2.67. The molecule has 4 N–H and O–H groups in total. The van der Waals surface area contributed by atoms with Crippen LogP contribution >= 0.6 is 7.60 Å². The van der Waals surface area contributed by atoms with Gasteiger partial charge in [0.15, 0.2) is 6.23 Å². The van der Waals surface area contributed by atoms with Crippen LogP contribution in [0.3, 0.4) is 0 Å². The van der Waals surface area contributed by atoms with Gasteiger partial charge in [-0.25, -0.2) is 4.79 Å². The molecule has 5 aromatic rings. The van der Waals surface area contributed by atoms with Gasteiger partial charge in [-0.2, -0.15) is 4.98 Å². The molecule has 2 heterocycles. The van der Waals surface area contributed by atoms with Crippen molar-refractivity contribution in [3.63, 3.8) is 0 Å². The van der Waals surface area contributed by atoms with Gasteiger partial charge in [0, 0.05) is 18.4 Å². The van der Waals surface area contributed by atoms with Crippen molar-refractivity contribution in [2.75, 3.05) is 52.4 Å². The number of hydrogen-bond donors (Lipinski definition) is 4. The van der Waals surface area contributed by atoms with Gasteiger partial charge in [-0.05, 0) is 85.7 Å². The molecular weight excluding hydrogens is 803 g/mol. The first kappa shape index (κ1) is 46.8. The van der Waals surface area contributed by atoms with Gasteiger partial charge in [-0.15, -0.1) is 0 Å². The number of aromatic nitrogens is 2. The molecule has 0 bridgehead atoms. The second-order valence-electron chi connectivity index (χ2n) is 14.0. The molecule has 1 amide bonds. The van der Waals surface area contributed by atoms with Crippen molar-refractivity contribution in [2.24, 2.45) is 0 Å². The monoisotopic (exact) mass is 858 g/mol. The van der Waals surface area contributed by atoms with E-state index in [-0.39, 0.29) is 12.4 Å². The summed E-state index contributed by atoms with van der Waals surface area (Å²) in [6.45, 7) is 11.0. The number of anilines is 1. The molecule has 61 heavy (non-hydrogen) atoms. The van der Waals surface area contributed by atoms with Crippen LogP contribution in [0.25, 0.3) is 0 Å². The summed E-state index contributed by atoms with van der Waals surface area (Å²) in [5.41, 5.74) is -0.184. The van der Waals surface area contributed by atoms with E-state index in [2.05, 4.69) is 36.0 Å². The Morgan fingerprint density at radius 2 is 1.33 bits per heavy atom. The predicted molar refractivity (Wildman–Crippen MR) is 231 cm³/mol. The SMILES string of the molecule is CCN(CC)CC.CCO[C@H]1[C@H](n2ccc(NC(=O)c3ccccc3)nc2=O)O[C@H](COC(c2ccccc2)(c2ccc(OC)cc2)c2ccc(OC)cc2)[C@]1(O)P(=O)(O)O. The minimum Gasteiger partial charge on any atom is -0.497 e. The van der Waals surface area contributed by atoms with Crippen LogP contribution in [-0.2, 0) is 24.4 Å². The van der Waals surface area contributed by atoms with Crippen molar-refractivity contribution in [1.82, 2.24) is 14.5 Å². The average Bonchev–Trinajstić information content (AvgIpc) is 3.57. The first-order valence-electron chi connectivity index (χ1n) is 20.0. The molecule has 1 aliphatic rings. The van der Waals surface area contributed by atoms with Gasteiger partial charge in [-0.3, -0.25) is 13.9 Å². The molecular formula is C45H55N4O11P. The minimum absolute atomic E-state index is 0.0761. The maximum Gasteiger partial charge on any atom is 0.362 e. The number of benzene rings is 4. The van der Waals surface area contributed by atoms with E-state index in [1.54, 1.807) is 100 Å². The third-order valence-corrected chi connectivity index (χ3v) is 12.1. The van der Waals surface area contributed by atoms with Crippen molar-refractivity contribution < 1.29 is 47.9 Å².